The van der Waals surface area contributed by atoms with Gasteiger partial charge in [0.05, 0.1) is 11.7 Å². The van der Waals surface area contributed by atoms with Gasteiger partial charge in [-0.1, -0.05) is 101 Å². The monoisotopic (exact) mass is 624 g/mol. The van der Waals surface area contributed by atoms with E-state index in [9.17, 15) is 0 Å². The highest BCUT2D eigenvalue weighted by atomic mass is 15.2. The van der Waals surface area contributed by atoms with Crippen LogP contribution in [0.2, 0.25) is 0 Å². The standard InChI is InChI=1S/C44H40N4/c1-29(2)37-27-39(47(31-15-7-5-8-16-31)41-19-11-13-25-45-41)35-24-22-34-38(30(3)4)28-40(36-23-21-33(37)43(35)44(34)36)48(32-17-9-6-10-18-32)42-20-12-14-26-46-42/h5-21,23-30,39H,22H2,1-4H3. The molecule has 0 saturated heterocycles. The van der Waals surface area contributed by atoms with Crippen molar-refractivity contribution in [2.24, 2.45) is 5.92 Å². The number of hydrogen-bond donors (Lipinski definition) is 0. The van der Waals surface area contributed by atoms with E-state index in [0.29, 0.717) is 11.8 Å². The lowest BCUT2D eigenvalue weighted by atomic mass is 9.72. The van der Waals surface area contributed by atoms with Crippen LogP contribution in [0, 0.1) is 5.92 Å². The molecule has 4 heteroatoms. The number of hydrogen-bond acceptors (Lipinski definition) is 4. The molecule has 0 bridgehead atoms. The van der Waals surface area contributed by atoms with E-state index < -0.39 is 0 Å². The molecule has 0 amide bonds. The van der Waals surface area contributed by atoms with Crippen LogP contribution >= 0.6 is 0 Å². The molecule has 4 nitrogen and oxygen atoms in total. The predicted octanol–water partition coefficient (Wildman–Crippen LogP) is 11.4. The largest absolute Gasteiger partial charge is 0.315 e. The van der Waals surface area contributed by atoms with E-state index in [0.717, 1.165) is 35.1 Å². The number of para-hydroxylation sites is 2. The summed E-state index contributed by atoms with van der Waals surface area (Å²) in [5.41, 5.74) is 11.6. The molecule has 0 N–H and O–H groups in total. The number of nitrogens with zero attached hydrogens (tertiary/aromatic N) is 4. The molecule has 4 aromatic carbocycles. The Bertz CT molecular complexity index is 2070. The lowest BCUT2D eigenvalue weighted by Gasteiger charge is -2.40. The van der Waals surface area contributed by atoms with E-state index in [1.54, 1.807) is 0 Å². The quantitative estimate of drug-likeness (QED) is 0.169. The number of pyridine rings is 2. The zero-order valence-electron chi connectivity index (χ0n) is 28.0. The first-order valence-electron chi connectivity index (χ1n) is 17.1. The molecular formula is C44H40N4. The molecule has 2 aliphatic rings. The molecule has 1 unspecified atom stereocenters. The molecule has 8 rings (SSSR count). The summed E-state index contributed by atoms with van der Waals surface area (Å²) in [6.45, 7) is 9.29. The Morgan fingerprint density at radius 3 is 1.94 bits per heavy atom. The van der Waals surface area contributed by atoms with E-state index in [1.165, 1.54) is 44.2 Å². The van der Waals surface area contributed by atoms with Gasteiger partial charge in [0, 0.05) is 29.2 Å². The molecule has 48 heavy (non-hydrogen) atoms. The third-order valence-corrected chi connectivity index (χ3v) is 9.79. The Labute approximate surface area is 283 Å². The first kappa shape index (κ1) is 29.9. The SMILES string of the molecule is CC(C)C1=CC(N(c2ccccc2)c2ccccn2)C2=CCc3c(C(C)C)cc(N(c4ccccc4)c4ccccn4)c4ccc1c2c34. The van der Waals surface area contributed by atoms with Crippen LogP contribution < -0.4 is 9.80 Å². The van der Waals surface area contributed by atoms with Gasteiger partial charge in [0.15, 0.2) is 0 Å². The third-order valence-electron chi connectivity index (χ3n) is 9.79. The Balaban J connectivity index is 1.43. The second kappa shape index (κ2) is 12.3. The highest BCUT2D eigenvalue weighted by Crippen LogP contribution is 2.52. The van der Waals surface area contributed by atoms with Gasteiger partial charge in [-0.15, -0.1) is 0 Å². The van der Waals surface area contributed by atoms with Crippen LogP contribution in [0.1, 0.15) is 55.9 Å². The molecule has 0 fully saturated rings. The van der Waals surface area contributed by atoms with Gasteiger partial charge < -0.3 is 4.90 Å². The van der Waals surface area contributed by atoms with E-state index in [-0.39, 0.29) is 6.04 Å². The summed E-state index contributed by atoms with van der Waals surface area (Å²) in [5.74, 6) is 2.54. The van der Waals surface area contributed by atoms with Crippen molar-refractivity contribution >= 4 is 50.6 Å². The molecule has 0 aliphatic heterocycles. The van der Waals surface area contributed by atoms with Crippen molar-refractivity contribution in [3.05, 3.63) is 162 Å². The maximum Gasteiger partial charge on any atom is 0.137 e. The number of benzene rings is 4. The van der Waals surface area contributed by atoms with E-state index in [2.05, 4.69) is 153 Å². The first-order valence-corrected chi connectivity index (χ1v) is 17.1. The average molecular weight is 625 g/mol. The van der Waals surface area contributed by atoms with Crippen LogP contribution in [-0.2, 0) is 6.42 Å². The molecule has 0 spiro atoms. The minimum atomic E-state index is -0.0156. The minimum absolute atomic E-state index is 0.0156. The molecule has 0 saturated carbocycles. The van der Waals surface area contributed by atoms with Crippen LogP contribution in [0.4, 0.5) is 28.7 Å². The van der Waals surface area contributed by atoms with Gasteiger partial charge in [-0.3, -0.25) is 4.90 Å². The van der Waals surface area contributed by atoms with E-state index >= 15 is 0 Å². The van der Waals surface area contributed by atoms with Gasteiger partial charge in [-0.25, -0.2) is 9.97 Å². The lowest BCUT2D eigenvalue weighted by molar-refractivity contribution is 0.829. The molecular weight excluding hydrogens is 585 g/mol. The molecule has 1 atom stereocenters. The molecule has 2 heterocycles. The normalized spacial score (nSPS) is 15.0. The van der Waals surface area contributed by atoms with Crippen LogP contribution in [0.15, 0.2) is 140 Å². The summed E-state index contributed by atoms with van der Waals surface area (Å²) < 4.78 is 0. The Morgan fingerprint density at radius 1 is 0.667 bits per heavy atom. The van der Waals surface area contributed by atoms with Gasteiger partial charge in [0.2, 0.25) is 0 Å². The van der Waals surface area contributed by atoms with Crippen LogP contribution in [0.3, 0.4) is 0 Å². The van der Waals surface area contributed by atoms with Gasteiger partial charge in [0.1, 0.15) is 11.6 Å². The van der Waals surface area contributed by atoms with E-state index in [1.807, 2.05) is 24.5 Å². The molecule has 0 radical (unpaired) electrons. The molecule has 6 aromatic rings. The second-order valence-corrected chi connectivity index (χ2v) is 13.4. The summed E-state index contributed by atoms with van der Waals surface area (Å²) in [6, 6.07) is 40.9. The number of rotatable bonds is 8. The summed E-state index contributed by atoms with van der Waals surface area (Å²) >= 11 is 0. The summed E-state index contributed by atoms with van der Waals surface area (Å²) in [5, 5.41) is 2.62. The van der Waals surface area contributed by atoms with Crippen LogP contribution in [-0.4, -0.2) is 16.0 Å². The van der Waals surface area contributed by atoms with Crippen molar-refractivity contribution in [3.63, 3.8) is 0 Å². The fourth-order valence-electron chi connectivity index (χ4n) is 7.67. The zero-order valence-corrected chi connectivity index (χ0v) is 28.0. The maximum absolute atomic E-state index is 4.90. The lowest BCUT2D eigenvalue weighted by Crippen LogP contribution is -2.35. The summed E-state index contributed by atoms with van der Waals surface area (Å²) in [6.07, 6.45) is 9.66. The number of anilines is 5. The Kier molecular flexibility index (Phi) is 7.64. The average Bonchev–Trinajstić information content (AvgIpc) is 3.13. The fraction of sp³-hybridized carbons (Fsp3) is 0.182. The highest BCUT2D eigenvalue weighted by molar-refractivity contribution is 6.12. The smallest absolute Gasteiger partial charge is 0.137 e. The minimum Gasteiger partial charge on any atom is -0.315 e. The highest BCUT2D eigenvalue weighted by Gasteiger charge is 2.36. The number of allylic oxidation sites excluding steroid dienone is 2. The number of aromatic nitrogens is 2. The van der Waals surface area contributed by atoms with Gasteiger partial charge in [0.25, 0.3) is 0 Å². The first-order chi connectivity index (χ1) is 23.5. The van der Waals surface area contributed by atoms with Crippen LogP contribution in [0.25, 0.3) is 21.9 Å². The maximum atomic E-state index is 4.90. The predicted molar refractivity (Wildman–Crippen MR) is 202 cm³/mol. The van der Waals surface area contributed by atoms with Gasteiger partial charge in [-0.05, 0) is 112 Å². The van der Waals surface area contributed by atoms with Crippen molar-refractivity contribution in [3.8, 4) is 0 Å². The Hall–Kier alpha value is -5.48. The van der Waals surface area contributed by atoms with E-state index in [4.69, 9.17) is 9.97 Å². The molecule has 2 aliphatic carbocycles. The fourth-order valence-corrected chi connectivity index (χ4v) is 7.67. The summed E-state index contributed by atoms with van der Waals surface area (Å²) in [4.78, 5) is 14.5. The van der Waals surface area contributed by atoms with Crippen molar-refractivity contribution in [1.82, 2.24) is 9.97 Å². The van der Waals surface area contributed by atoms with Gasteiger partial charge in [-0.2, -0.15) is 0 Å². The summed E-state index contributed by atoms with van der Waals surface area (Å²) in [7, 11) is 0. The zero-order chi connectivity index (χ0) is 32.8. The third kappa shape index (κ3) is 5.00. The van der Waals surface area contributed by atoms with Crippen molar-refractivity contribution in [2.75, 3.05) is 9.80 Å². The van der Waals surface area contributed by atoms with Crippen molar-refractivity contribution in [2.45, 2.75) is 46.1 Å². The Morgan fingerprint density at radius 2 is 1.31 bits per heavy atom. The van der Waals surface area contributed by atoms with Crippen molar-refractivity contribution in [1.29, 1.82) is 0 Å². The van der Waals surface area contributed by atoms with Crippen LogP contribution in [0.5, 0.6) is 0 Å². The van der Waals surface area contributed by atoms with Gasteiger partial charge >= 0.3 is 0 Å². The molecule has 236 valence electrons. The second-order valence-electron chi connectivity index (χ2n) is 13.4. The van der Waals surface area contributed by atoms with Crippen molar-refractivity contribution < 1.29 is 0 Å². The molecule has 2 aromatic heterocycles. The topological polar surface area (TPSA) is 32.3 Å².